The molecule has 0 radical (unpaired) electrons. The zero-order valence-corrected chi connectivity index (χ0v) is 19.1. The first-order valence-corrected chi connectivity index (χ1v) is 11.5. The SMILES string of the molecule is Cc1cccc(C)c1-c1cc(Oc2ccccc2Cl)nc(NS(=O)(=O)c2cnn(C)c2)n1. The Labute approximate surface area is 190 Å². The van der Waals surface area contributed by atoms with Crippen LogP contribution in [0, 0.1) is 13.8 Å². The molecule has 1 N–H and O–H groups in total. The Hall–Kier alpha value is -3.43. The summed E-state index contributed by atoms with van der Waals surface area (Å²) in [5, 5.41) is 4.31. The molecule has 4 aromatic rings. The minimum Gasteiger partial charge on any atom is -0.437 e. The van der Waals surface area contributed by atoms with Gasteiger partial charge in [-0.3, -0.25) is 4.68 Å². The molecule has 0 aliphatic carbocycles. The highest BCUT2D eigenvalue weighted by molar-refractivity contribution is 7.92. The topological polar surface area (TPSA) is 99.0 Å². The number of hydrogen-bond donors (Lipinski definition) is 1. The average Bonchev–Trinajstić information content (AvgIpc) is 3.17. The molecular formula is C22H20ClN5O3S. The summed E-state index contributed by atoms with van der Waals surface area (Å²) >= 11 is 6.22. The van der Waals surface area contributed by atoms with E-state index in [2.05, 4.69) is 19.8 Å². The highest BCUT2D eigenvalue weighted by atomic mass is 35.5. The molecule has 0 bridgehead atoms. The summed E-state index contributed by atoms with van der Waals surface area (Å²) in [6, 6.07) is 14.5. The van der Waals surface area contributed by atoms with Crippen LogP contribution in [0.5, 0.6) is 11.6 Å². The monoisotopic (exact) mass is 469 g/mol. The highest BCUT2D eigenvalue weighted by Crippen LogP contribution is 2.33. The van der Waals surface area contributed by atoms with Gasteiger partial charge in [0.1, 0.15) is 10.6 Å². The maximum Gasteiger partial charge on any atom is 0.267 e. The molecule has 2 aromatic heterocycles. The van der Waals surface area contributed by atoms with Crippen LogP contribution in [0.1, 0.15) is 11.1 Å². The van der Waals surface area contributed by atoms with E-state index in [0.29, 0.717) is 16.5 Å². The molecule has 2 aromatic carbocycles. The number of halogens is 1. The predicted octanol–water partition coefficient (Wildman–Crippen LogP) is 4.74. The zero-order valence-electron chi connectivity index (χ0n) is 17.6. The van der Waals surface area contributed by atoms with Gasteiger partial charge >= 0.3 is 0 Å². The zero-order chi connectivity index (χ0) is 22.9. The molecule has 10 heteroatoms. The second-order valence-corrected chi connectivity index (χ2v) is 9.26. The number of ether oxygens (including phenoxy) is 1. The lowest BCUT2D eigenvalue weighted by molar-refractivity contribution is 0.463. The van der Waals surface area contributed by atoms with Crippen molar-refractivity contribution in [2.45, 2.75) is 18.7 Å². The van der Waals surface area contributed by atoms with Crippen molar-refractivity contribution in [2.24, 2.45) is 7.05 Å². The fourth-order valence-corrected chi connectivity index (χ4v) is 4.33. The first-order chi connectivity index (χ1) is 15.2. The number of nitrogens with one attached hydrogen (secondary N) is 1. The number of rotatable bonds is 6. The van der Waals surface area contributed by atoms with E-state index in [1.807, 2.05) is 32.0 Å². The Balaban J connectivity index is 1.81. The largest absolute Gasteiger partial charge is 0.437 e. The van der Waals surface area contributed by atoms with Gasteiger partial charge in [-0.1, -0.05) is 41.9 Å². The molecule has 0 unspecified atom stereocenters. The van der Waals surface area contributed by atoms with E-state index in [4.69, 9.17) is 16.3 Å². The van der Waals surface area contributed by atoms with E-state index in [1.54, 1.807) is 37.4 Å². The maximum atomic E-state index is 12.8. The van der Waals surface area contributed by atoms with E-state index in [9.17, 15) is 8.42 Å². The summed E-state index contributed by atoms with van der Waals surface area (Å²) in [6.07, 6.45) is 2.64. The van der Waals surface area contributed by atoms with Crippen LogP contribution in [-0.4, -0.2) is 28.2 Å². The lowest BCUT2D eigenvalue weighted by Gasteiger charge is -2.14. The van der Waals surface area contributed by atoms with Gasteiger partial charge in [0.05, 0.1) is 16.9 Å². The van der Waals surface area contributed by atoms with Crippen LogP contribution in [0.2, 0.25) is 5.02 Å². The number of para-hydroxylation sites is 1. The van der Waals surface area contributed by atoms with E-state index in [0.717, 1.165) is 16.7 Å². The molecule has 0 atom stereocenters. The fourth-order valence-electron chi connectivity index (χ4n) is 3.23. The smallest absolute Gasteiger partial charge is 0.267 e. The Bertz CT molecular complexity index is 1380. The normalized spacial score (nSPS) is 11.4. The maximum absolute atomic E-state index is 12.8. The first kappa shape index (κ1) is 21.8. The molecule has 4 rings (SSSR count). The summed E-state index contributed by atoms with van der Waals surface area (Å²) in [5.41, 5.74) is 3.34. The molecule has 0 aliphatic heterocycles. The van der Waals surface area contributed by atoms with Crippen molar-refractivity contribution in [1.82, 2.24) is 19.7 Å². The minimum absolute atomic E-state index is 0.00496. The average molecular weight is 470 g/mol. The molecule has 8 nitrogen and oxygen atoms in total. The fraction of sp³-hybridized carbons (Fsp3) is 0.136. The Morgan fingerprint density at radius 1 is 1.03 bits per heavy atom. The van der Waals surface area contributed by atoms with E-state index < -0.39 is 10.0 Å². The third kappa shape index (κ3) is 4.58. The Morgan fingerprint density at radius 3 is 2.41 bits per heavy atom. The van der Waals surface area contributed by atoms with Crippen molar-refractivity contribution < 1.29 is 13.2 Å². The van der Waals surface area contributed by atoms with E-state index in [1.165, 1.54) is 17.1 Å². The number of nitrogens with zero attached hydrogens (tertiary/aromatic N) is 4. The van der Waals surface area contributed by atoms with Gasteiger partial charge < -0.3 is 4.74 Å². The van der Waals surface area contributed by atoms with Crippen molar-refractivity contribution in [3.05, 3.63) is 77.1 Å². The third-order valence-electron chi connectivity index (χ3n) is 4.71. The molecule has 0 saturated carbocycles. The van der Waals surface area contributed by atoms with E-state index in [-0.39, 0.29) is 16.7 Å². The van der Waals surface area contributed by atoms with Crippen molar-refractivity contribution in [3.63, 3.8) is 0 Å². The van der Waals surface area contributed by atoms with Gasteiger partial charge in [-0.2, -0.15) is 10.1 Å². The van der Waals surface area contributed by atoms with Crippen LogP contribution in [0.4, 0.5) is 5.95 Å². The lowest BCUT2D eigenvalue weighted by atomic mass is 10.00. The predicted molar refractivity (Wildman–Crippen MR) is 122 cm³/mol. The second-order valence-electron chi connectivity index (χ2n) is 7.17. The van der Waals surface area contributed by atoms with Crippen molar-refractivity contribution in [1.29, 1.82) is 0 Å². The number of aryl methyl sites for hydroxylation is 3. The Morgan fingerprint density at radius 2 is 1.75 bits per heavy atom. The lowest BCUT2D eigenvalue weighted by Crippen LogP contribution is -2.15. The molecule has 0 fully saturated rings. The molecule has 0 spiro atoms. The van der Waals surface area contributed by atoms with Crippen LogP contribution in [-0.2, 0) is 17.1 Å². The number of hydrogen-bond acceptors (Lipinski definition) is 6. The molecule has 32 heavy (non-hydrogen) atoms. The molecule has 164 valence electrons. The van der Waals surface area contributed by atoms with Crippen LogP contribution >= 0.6 is 11.6 Å². The van der Waals surface area contributed by atoms with Crippen molar-refractivity contribution in [2.75, 3.05) is 4.72 Å². The number of sulfonamides is 1. The van der Waals surface area contributed by atoms with Crippen LogP contribution in [0.15, 0.2) is 65.8 Å². The molecular weight excluding hydrogens is 450 g/mol. The third-order valence-corrected chi connectivity index (χ3v) is 6.30. The van der Waals surface area contributed by atoms with Crippen molar-refractivity contribution in [3.8, 4) is 22.9 Å². The van der Waals surface area contributed by atoms with Gasteiger partial charge in [-0.25, -0.2) is 18.1 Å². The molecule has 0 amide bonds. The van der Waals surface area contributed by atoms with Crippen LogP contribution < -0.4 is 9.46 Å². The van der Waals surface area contributed by atoms with Gasteiger partial charge in [-0.15, -0.1) is 0 Å². The Kier molecular flexibility index (Phi) is 5.86. The van der Waals surface area contributed by atoms with Crippen LogP contribution in [0.3, 0.4) is 0 Å². The summed E-state index contributed by atoms with van der Waals surface area (Å²) in [7, 11) is -2.32. The van der Waals surface area contributed by atoms with Gasteiger partial charge in [0.25, 0.3) is 10.0 Å². The number of benzene rings is 2. The van der Waals surface area contributed by atoms with Gasteiger partial charge in [0.15, 0.2) is 0 Å². The molecule has 0 saturated heterocycles. The first-order valence-electron chi connectivity index (χ1n) is 9.62. The van der Waals surface area contributed by atoms with Gasteiger partial charge in [-0.05, 0) is 37.1 Å². The summed E-state index contributed by atoms with van der Waals surface area (Å²) < 4.78 is 35.3. The van der Waals surface area contributed by atoms with Gasteiger partial charge in [0, 0.05) is 24.9 Å². The molecule has 0 aliphatic rings. The summed E-state index contributed by atoms with van der Waals surface area (Å²) in [5.74, 6) is 0.409. The molecule has 2 heterocycles. The van der Waals surface area contributed by atoms with Gasteiger partial charge in [0.2, 0.25) is 11.8 Å². The summed E-state index contributed by atoms with van der Waals surface area (Å²) in [4.78, 5) is 8.72. The minimum atomic E-state index is -3.95. The highest BCUT2D eigenvalue weighted by Gasteiger charge is 2.20. The number of anilines is 1. The van der Waals surface area contributed by atoms with E-state index >= 15 is 0 Å². The van der Waals surface area contributed by atoms with Crippen LogP contribution in [0.25, 0.3) is 11.3 Å². The standard InChI is InChI=1S/C22H20ClN5O3S/c1-14-7-6-8-15(2)21(14)18-11-20(31-19-10-5-4-9-17(19)23)26-22(25-18)27-32(29,30)16-12-24-28(3)13-16/h4-13H,1-3H3,(H,25,26,27). The second kappa shape index (κ2) is 8.60. The quantitative estimate of drug-likeness (QED) is 0.438. The number of aromatic nitrogens is 4. The summed E-state index contributed by atoms with van der Waals surface area (Å²) in [6.45, 7) is 3.91. The van der Waals surface area contributed by atoms with Crippen molar-refractivity contribution >= 4 is 27.6 Å².